The summed E-state index contributed by atoms with van der Waals surface area (Å²) in [7, 11) is 5.39. The number of hydrogen-bond donors (Lipinski definition) is 1. The maximum atomic E-state index is 12.5. The van der Waals surface area contributed by atoms with Crippen LogP contribution in [0.5, 0.6) is 0 Å². The molecule has 25 heavy (non-hydrogen) atoms. The van der Waals surface area contributed by atoms with Crippen molar-refractivity contribution in [2.45, 2.75) is 25.7 Å². The summed E-state index contributed by atoms with van der Waals surface area (Å²) in [6.07, 6.45) is 2.94. The van der Waals surface area contributed by atoms with Gasteiger partial charge in [0, 0.05) is 43.7 Å². The highest BCUT2D eigenvalue weighted by molar-refractivity contribution is 6.10. The molecule has 0 radical (unpaired) electrons. The summed E-state index contributed by atoms with van der Waals surface area (Å²) in [6, 6.07) is 11.8. The van der Waals surface area contributed by atoms with Gasteiger partial charge in [0.25, 0.3) is 5.91 Å². The highest BCUT2D eigenvalue weighted by Crippen LogP contribution is 2.28. The van der Waals surface area contributed by atoms with Gasteiger partial charge in [-0.25, -0.2) is 0 Å². The van der Waals surface area contributed by atoms with E-state index in [1.54, 1.807) is 0 Å². The van der Waals surface area contributed by atoms with E-state index in [0.29, 0.717) is 18.5 Å². The Labute approximate surface area is 149 Å². The average molecular weight is 342 g/mol. The van der Waals surface area contributed by atoms with E-state index in [4.69, 9.17) is 0 Å². The van der Waals surface area contributed by atoms with Crippen LogP contribution in [0.1, 0.15) is 36.0 Å². The molecular weight excluding hydrogens is 316 g/mol. The number of methoxy groups -OCH3 is 1. The van der Waals surface area contributed by atoms with Crippen molar-refractivity contribution in [3.05, 3.63) is 42.0 Å². The van der Waals surface area contributed by atoms with E-state index in [-0.39, 0.29) is 11.9 Å². The maximum absolute atomic E-state index is 12.5. The standard InChI is InChI=1S/C20H26N2O3/c1-22(2)18-13-12-17(15-9-6-7-10-16(15)18)20(24)21-14-8-4-5-11-19(23)25-3/h6-7,9-10,12-13H,4-5,8,11,14H2,1-3H3,(H,21,24). The number of rotatable bonds is 8. The van der Waals surface area contributed by atoms with Gasteiger partial charge in [-0.2, -0.15) is 0 Å². The molecule has 134 valence electrons. The van der Waals surface area contributed by atoms with Crippen LogP contribution in [0, 0.1) is 0 Å². The highest BCUT2D eigenvalue weighted by Gasteiger charge is 2.12. The lowest BCUT2D eigenvalue weighted by molar-refractivity contribution is -0.140. The molecule has 0 spiro atoms. The SMILES string of the molecule is COC(=O)CCCCCNC(=O)c1ccc(N(C)C)c2ccccc12. The largest absolute Gasteiger partial charge is 0.469 e. The third kappa shape index (κ3) is 4.95. The van der Waals surface area contributed by atoms with Gasteiger partial charge in [-0.05, 0) is 30.4 Å². The molecule has 0 saturated heterocycles. The topological polar surface area (TPSA) is 58.6 Å². The average Bonchev–Trinajstić information content (AvgIpc) is 2.62. The lowest BCUT2D eigenvalue weighted by Gasteiger charge is -2.17. The molecule has 2 aromatic rings. The van der Waals surface area contributed by atoms with Gasteiger partial charge in [0.1, 0.15) is 0 Å². The van der Waals surface area contributed by atoms with Gasteiger partial charge in [0.2, 0.25) is 0 Å². The number of unbranched alkanes of at least 4 members (excludes halogenated alkanes) is 2. The van der Waals surface area contributed by atoms with Crippen molar-refractivity contribution in [1.82, 2.24) is 5.32 Å². The Morgan fingerprint density at radius 1 is 1.00 bits per heavy atom. The molecule has 0 aromatic heterocycles. The molecule has 2 aromatic carbocycles. The monoisotopic (exact) mass is 342 g/mol. The fourth-order valence-corrected chi connectivity index (χ4v) is 2.84. The first-order valence-electron chi connectivity index (χ1n) is 8.58. The zero-order valence-corrected chi connectivity index (χ0v) is 15.2. The minimum absolute atomic E-state index is 0.0607. The minimum atomic E-state index is -0.184. The van der Waals surface area contributed by atoms with Crippen molar-refractivity contribution < 1.29 is 14.3 Å². The number of ether oxygens (including phenoxy) is 1. The predicted molar refractivity (Wildman–Crippen MR) is 101 cm³/mol. The Morgan fingerprint density at radius 2 is 1.72 bits per heavy atom. The number of carbonyl (C=O) groups is 2. The Hall–Kier alpha value is -2.56. The molecule has 0 aliphatic heterocycles. The van der Waals surface area contributed by atoms with Crippen LogP contribution in [0.25, 0.3) is 10.8 Å². The highest BCUT2D eigenvalue weighted by atomic mass is 16.5. The summed E-state index contributed by atoms with van der Waals surface area (Å²) in [4.78, 5) is 25.6. The predicted octanol–water partition coefficient (Wildman–Crippen LogP) is 3.37. The molecule has 0 aliphatic carbocycles. The van der Waals surface area contributed by atoms with Crippen molar-refractivity contribution in [1.29, 1.82) is 0 Å². The molecule has 0 bridgehead atoms. The molecular formula is C20H26N2O3. The molecule has 0 atom stereocenters. The fourth-order valence-electron chi connectivity index (χ4n) is 2.84. The van der Waals surface area contributed by atoms with Crippen LogP contribution in [-0.2, 0) is 9.53 Å². The second-order valence-corrected chi connectivity index (χ2v) is 6.21. The number of esters is 1. The van der Waals surface area contributed by atoms with Crippen molar-refractivity contribution in [3.8, 4) is 0 Å². The van der Waals surface area contributed by atoms with Gasteiger partial charge in [-0.3, -0.25) is 9.59 Å². The van der Waals surface area contributed by atoms with Gasteiger partial charge < -0.3 is 15.0 Å². The van der Waals surface area contributed by atoms with Crippen LogP contribution in [-0.4, -0.2) is 39.6 Å². The van der Waals surface area contributed by atoms with E-state index in [1.807, 2.05) is 55.4 Å². The number of hydrogen-bond acceptors (Lipinski definition) is 4. The normalized spacial score (nSPS) is 10.5. The Balaban J connectivity index is 1.96. The van der Waals surface area contributed by atoms with E-state index in [2.05, 4.69) is 10.1 Å². The summed E-state index contributed by atoms with van der Waals surface area (Å²) in [5.41, 5.74) is 1.78. The number of anilines is 1. The minimum Gasteiger partial charge on any atom is -0.469 e. The lowest BCUT2D eigenvalue weighted by atomic mass is 10.0. The van der Waals surface area contributed by atoms with Crippen molar-refractivity contribution >= 4 is 28.3 Å². The summed E-state index contributed by atoms with van der Waals surface area (Å²) in [6.45, 7) is 0.601. The van der Waals surface area contributed by atoms with Gasteiger partial charge in [-0.1, -0.05) is 30.7 Å². The molecule has 0 saturated carbocycles. The van der Waals surface area contributed by atoms with E-state index in [0.717, 1.165) is 35.7 Å². The second kappa shape index (κ2) is 9.06. The third-order valence-corrected chi connectivity index (χ3v) is 4.20. The molecule has 0 unspecified atom stereocenters. The van der Waals surface area contributed by atoms with Crippen LogP contribution in [0.4, 0.5) is 5.69 Å². The molecule has 5 heteroatoms. The quantitative estimate of drug-likeness (QED) is 0.590. The molecule has 1 N–H and O–H groups in total. The lowest BCUT2D eigenvalue weighted by Crippen LogP contribution is -2.25. The van der Waals surface area contributed by atoms with Crippen LogP contribution in [0.3, 0.4) is 0 Å². The Bertz CT molecular complexity index is 741. The zero-order chi connectivity index (χ0) is 18.2. The van der Waals surface area contributed by atoms with Crippen LogP contribution < -0.4 is 10.2 Å². The molecule has 0 fully saturated rings. The van der Waals surface area contributed by atoms with Crippen LogP contribution >= 0.6 is 0 Å². The van der Waals surface area contributed by atoms with Gasteiger partial charge in [-0.15, -0.1) is 0 Å². The Morgan fingerprint density at radius 3 is 2.40 bits per heavy atom. The van der Waals surface area contributed by atoms with Crippen molar-refractivity contribution in [3.63, 3.8) is 0 Å². The first-order chi connectivity index (χ1) is 12.0. The van der Waals surface area contributed by atoms with Crippen LogP contribution in [0.15, 0.2) is 36.4 Å². The number of nitrogens with one attached hydrogen (secondary N) is 1. The number of nitrogens with zero attached hydrogens (tertiary/aromatic N) is 1. The summed E-state index contributed by atoms with van der Waals surface area (Å²) in [5.74, 6) is -0.244. The summed E-state index contributed by atoms with van der Waals surface area (Å²) < 4.78 is 4.61. The van der Waals surface area contributed by atoms with Gasteiger partial charge >= 0.3 is 5.97 Å². The molecule has 5 nitrogen and oxygen atoms in total. The fraction of sp³-hybridized carbons (Fsp3) is 0.400. The van der Waals surface area contributed by atoms with E-state index >= 15 is 0 Å². The maximum Gasteiger partial charge on any atom is 0.305 e. The van der Waals surface area contributed by atoms with Gasteiger partial charge in [0.05, 0.1) is 7.11 Å². The van der Waals surface area contributed by atoms with E-state index in [1.165, 1.54) is 7.11 Å². The smallest absolute Gasteiger partial charge is 0.305 e. The molecule has 2 rings (SSSR count). The first kappa shape index (κ1) is 18.8. The number of carbonyl (C=O) groups excluding carboxylic acids is 2. The van der Waals surface area contributed by atoms with Crippen molar-refractivity contribution in [2.24, 2.45) is 0 Å². The molecule has 0 aliphatic rings. The number of benzene rings is 2. The molecule has 1 amide bonds. The van der Waals surface area contributed by atoms with Crippen LogP contribution in [0.2, 0.25) is 0 Å². The van der Waals surface area contributed by atoms with Gasteiger partial charge in [0.15, 0.2) is 0 Å². The first-order valence-corrected chi connectivity index (χ1v) is 8.58. The summed E-state index contributed by atoms with van der Waals surface area (Å²) in [5, 5.41) is 5.00. The zero-order valence-electron chi connectivity index (χ0n) is 15.2. The second-order valence-electron chi connectivity index (χ2n) is 6.21. The number of fused-ring (bicyclic) bond motifs is 1. The van der Waals surface area contributed by atoms with Crippen molar-refractivity contribution in [2.75, 3.05) is 32.6 Å². The molecule has 0 heterocycles. The van der Waals surface area contributed by atoms with E-state index in [9.17, 15) is 9.59 Å². The summed E-state index contributed by atoms with van der Waals surface area (Å²) >= 11 is 0. The van der Waals surface area contributed by atoms with E-state index < -0.39 is 0 Å². The third-order valence-electron chi connectivity index (χ3n) is 4.20. The Kier molecular flexibility index (Phi) is 6.81. The number of amides is 1.